The molecule has 0 bridgehead atoms. The van der Waals surface area contributed by atoms with Crippen molar-refractivity contribution in [1.82, 2.24) is 15.5 Å². The van der Waals surface area contributed by atoms with Gasteiger partial charge in [0.05, 0.1) is 0 Å². The second-order valence-corrected chi connectivity index (χ2v) is 5.77. The zero-order chi connectivity index (χ0) is 12.4. The molecule has 4 nitrogen and oxygen atoms in total. The normalized spacial score (nSPS) is 29.3. The minimum atomic E-state index is 0. The van der Waals surface area contributed by atoms with E-state index in [1.54, 1.807) is 0 Å². The van der Waals surface area contributed by atoms with E-state index in [9.17, 15) is 0 Å². The van der Waals surface area contributed by atoms with Crippen molar-refractivity contribution in [2.45, 2.75) is 51.7 Å². The van der Waals surface area contributed by atoms with E-state index >= 15 is 0 Å². The molecule has 2 atom stereocenters. The molecule has 106 valence electrons. The van der Waals surface area contributed by atoms with Crippen LogP contribution in [0.1, 0.15) is 33.6 Å². The summed E-state index contributed by atoms with van der Waals surface area (Å²) in [6.07, 6.45) is 2.58. The molecule has 1 saturated heterocycles. The van der Waals surface area contributed by atoms with Gasteiger partial charge in [0, 0.05) is 38.3 Å². The Bertz CT molecular complexity index is 289. The third-order valence-corrected chi connectivity index (χ3v) is 3.83. The highest BCUT2D eigenvalue weighted by atomic mass is 127. The number of halogens is 1. The van der Waals surface area contributed by atoms with E-state index < -0.39 is 0 Å². The van der Waals surface area contributed by atoms with Gasteiger partial charge in [-0.3, -0.25) is 9.89 Å². The van der Waals surface area contributed by atoms with Crippen molar-refractivity contribution in [3.05, 3.63) is 0 Å². The summed E-state index contributed by atoms with van der Waals surface area (Å²) >= 11 is 0. The fraction of sp³-hybridized carbons (Fsp3) is 0.923. The van der Waals surface area contributed by atoms with Crippen LogP contribution in [-0.2, 0) is 0 Å². The topological polar surface area (TPSA) is 39.7 Å². The third kappa shape index (κ3) is 4.26. The fourth-order valence-corrected chi connectivity index (χ4v) is 2.38. The zero-order valence-electron chi connectivity index (χ0n) is 11.9. The molecule has 0 radical (unpaired) electrons. The van der Waals surface area contributed by atoms with Crippen molar-refractivity contribution < 1.29 is 0 Å². The molecule has 0 spiro atoms. The van der Waals surface area contributed by atoms with E-state index in [0.717, 1.165) is 12.5 Å². The lowest BCUT2D eigenvalue weighted by Gasteiger charge is -2.21. The minimum Gasteiger partial charge on any atom is -0.354 e. The number of hydrogen-bond donors (Lipinski definition) is 2. The number of likely N-dealkylation sites (tertiary alicyclic amines) is 1. The van der Waals surface area contributed by atoms with Gasteiger partial charge in [-0.25, -0.2) is 0 Å². The van der Waals surface area contributed by atoms with Crippen molar-refractivity contribution in [3.8, 4) is 0 Å². The summed E-state index contributed by atoms with van der Waals surface area (Å²) in [6, 6.07) is 1.84. The predicted molar refractivity (Wildman–Crippen MR) is 87.7 cm³/mol. The summed E-state index contributed by atoms with van der Waals surface area (Å²) in [4.78, 5) is 6.85. The number of nitrogens with zero attached hydrogens (tertiary/aromatic N) is 2. The molecule has 1 heterocycles. The summed E-state index contributed by atoms with van der Waals surface area (Å²) in [7, 11) is 1.86. The maximum atomic E-state index is 4.31. The number of hydrogen-bond acceptors (Lipinski definition) is 2. The summed E-state index contributed by atoms with van der Waals surface area (Å²) in [5, 5.41) is 7.02. The first kappa shape index (κ1) is 16.0. The van der Waals surface area contributed by atoms with Crippen LogP contribution in [0.15, 0.2) is 4.99 Å². The minimum absolute atomic E-state index is 0. The lowest BCUT2D eigenvalue weighted by atomic mass is 10.1. The highest BCUT2D eigenvalue weighted by Crippen LogP contribution is 2.20. The molecule has 0 amide bonds. The van der Waals surface area contributed by atoms with Crippen LogP contribution in [-0.4, -0.2) is 49.1 Å². The molecule has 0 aromatic heterocycles. The molecule has 0 aromatic rings. The SMILES string of the molecule is CN=C(NC1CC1)NC1CN(C(C)C)CC1C.I. The average Bonchev–Trinajstić information content (AvgIpc) is 3.02. The van der Waals surface area contributed by atoms with Crippen molar-refractivity contribution >= 4 is 29.9 Å². The summed E-state index contributed by atoms with van der Waals surface area (Å²) in [6.45, 7) is 9.18. The van der Waals surface area contributed by atoms with Gasteiger partial charge in [0.15, 0.2) is 5.96 Å². The molecule has 0 aromatic carbocycles. The van der Waals surface area contributed by atoms with Crippen LogP contribution < -0.4 is 10.6 Å². The fourth-order valence-electron chi connectivity index (χ4n) is 2.38. The number of aliphatic imine (C=N–C) groups is 1. The van der Waals surface area contributed by atoms with E-state index in [1.165, 1.54) is 19.4 Å². The Morgan fingerprint density at radius 1 is 1.22 bits per heavy atom. The van der Waals surface area contributed by atoms with Crippen LogP contribution in [0.4, 0.5) is 0 Å². The molecular weight excluding hydrogens is 339 g/mol. The molecular formula is C13H27IN4. The van der Waals surface area contributed by atoms with Crippen LogP contribution in [0.3, 0.4) is 0 Å². The Hall–Kier alpha value is -0.0400. The average molecular weight is 366 g/mol. The Balaban J connectivity index is 0.00000162. The first-order valence-electron chi connectivity index (χ1n) is 6.84. The van der Waals surface area contributed by atoms with Gasteiger partial charge in [0.25, 0.3) is 0 Å². The van der Waals surface area contributed by atoms with Gasteiger partial charge in [0.2, 0.25) is 0 Å². The Labute approximate surface area is 128 Å². The van der Waals surface area contributed by atoms with Gasteiger partial charge < -0.3 is 10.6 Å². The van der Waals surface area contributed by atoms with Gasteiger partial charge >= 0.3 is 0 Å². The van der Waals surface area contributed by atoms with Gasteiger partial charge in [-0.05, 0) is 32.6 Å². The van der Waals surface area contributed by atoms with E-state index in [2.05, 4.69) is 41.3 Å². The van der Waals surface area contributed by atoms with Crippen molar-refractivity contribution in [2.75, 3.05) is 20.1 Å². The maximum absolute atomic E-state index is 4.31. The van der Waals surface area contributed by atoms with E-state index in [1.807, 2.05) is 7.05 Å². The van der Waals surface area contributed by atoms with Gasteiger partial charge in [0.1, 0.15) is 0 Å². The molecule has 5 heteroatoms. The number of nitrogens with one attached hydrogen (secondary N) is 2. The van der Waals surface area contributed by atoms with Crippen molar-refractivity contribution in [3.63, 3.8) is 0 Å². The van der Waals surface area contributed by atoms with Crippen LogP contribution in [0, 0.1) is 5.92 Å². The number of rotatable bonds is 3. The molecule has 2 aliphatic rings. The molecule has 2 rings (SSSR count). The van der Waals surface area contributed by atoms with E-state index in [0.29, 0.717) is 24.0 Å². The molecule has 2 fully saturated rings. The molecule has 2 N–H and O–H groups in total. The zero-order valence-corrected chi connectivity index (χ0v) is 14.3. The lowest BCUT2D eigenvalue weighted by Crippen LogP contribution is -2.47. The van der Waals surface area contributed by atoms with Crippen molar-refractivity contribution in [1.29, 1.82) is 0 Å². The molecule has 1 aliphatic heterocycles. The first-order chi connectivity index (χ1) is 8.10. The summed E-state index contributed by atoms with van der Waals surface area (Å²) in [5.41, 5.74) is 0. The highest BCUT2D eigenvalue weighted by molar-refractivity contribution is 14.0. The molecule has 1 aliphatic carbocycles. The Kier molecular flexibility index (Phi) is 6.17. The van der Waals surface area contributed by atoms with Crippen LogP contribution in [0.25, 0.3) is 0 Å². The van der Waals surface area contributed by atoms with Gasteiger partial charge in [-0.1, -0.05) is 6.92 Å². The smallest absolute Gasteiger partial charge is 0.191 e. The second kappa shape index (κ2) is 6.93. The number of guanidine groups is 1. The van der Waals surface area contributed by atoms with Crippen LogP contribution in [0.5, 0.6) is 0 Å². The first-order valence-corrected chi connectivity index (χ1v) is 6.84. The lowest BCUT2D eigenvalue weighted by molar-refractivity contribution is 0.265. The van der Waals surface area contributed by atoms with E-state index in [4.69, 9.17) is 0 Å². The summed E-state index contributed by atoms with van der Waals surface area (Å²) < 4.78 is 0. The monoisotopic (exact) mass is 366 g/mol. The quantitative estimate of drug-likeness (QED) is 0.454. The second-order valence-electron chi connectivity index (χ2n) is 5.77. The molecule has 1 saturated carbocycles. The molecule has 2 unspecified atom stereocenters. The van der Waals surface area contributed by atoms with Crippen LogP contribution in [0.2, 0.25) is 0 Å². The summed E-state index contributed by atoms with van der Waals surface area (Å²) in [5.74, 6) is 1.67. The maximum Gasteiger partial charge on any atom is 0.191 e. The highest BCUT2D eigenvalue weighted by Gasteiger charge is 2.32. The predicted octanol–water partition coefficient (Wildman–Crippen LogP) is 1.66. The van der Waals surface area contributed by atoms with Gasteiger partial charge in [-0.15, -0.1) is 24.0 Å². The Morgan fingerprint density at radius 3 is 2.33 bits per heavy atom. The van der Waals surface area contributed by atoms with E-state index in [-0.39, 0.29) is 24.0 Å². The van der Waals surface area contributed by atoms with Crippen LogP contribution >= 0.6 is 24.0 Å². The largest absolute Gasteiger partial charge is 0.354 e. The molecule has 18 heavy (non-hydrogen) atoms. The third-order valence-electron chi connectivity index (χ3n) is 3.83. The standard InChI is InChI=1S/C13H26N4.HI/c1-9(2)17-7-10(3)12(8-17)16-13(14-4)15-11-5-6-11;/h9-12H,5-8H2,1-4H3,(H2,14,15,16);1H. The van der Waals surface area contributed by atoms with Crippen molar-refractivity contribution in [2.24, 2.45) is 10.9 Å². The Morgan fingerprint density at radius 2 is 1.89 bits per heavy atom. The van der Waals surface area contributed by atoms with Gasteiger partial charge in [-0.2, -0.15) is 0 Å².